The number of likely N-dealkylation sites (tertiary alicyclic amines) is 1. The van der Waals surface area contributed by atoms with E-state index in [9.17, 15) is 23.1 Å². The van der Waals surface area contributed by atoms with Crippen molar-refractivity contribution < 1.29 is 31.9 Å². The first-order valence-corrected chi connectivity index (χ1v) is 14.3. The normalized spacial score (nSPS) is 35.5. The number of rotatable bonds is 4. The van der Waals surface area contributed by atoms with E-state index in [1.807, 2.05) is 24.3 Å². The number of aliphatic hydroxyl groups is 1. The number of allylic oxidation sites excluding steroid dienone is 4. The van der Waals surface area contributed by atoms with Crippen molar-refractivity contribution in [2.45, 2.75) is 94.9 Å². The van der Waals surface area contributed by atoms with Gasteiger partial charge in [0, 0.05) is 24.3 Å². The molecule has 1 saturated heterocycles. The van der Waals surface area contributed by atoms with E-state index in [0.717, 1.165) is 47.5 Å². The number of halogens is 5. The number of carbonyl (C=O) groups is 1. The standard InChI is InChI=1S/C31H36F5NO2/c1-28-17-25(20-6-4-19(5-7-20)18-37-14-2-3-15-37)27-23-11-9-22(38)16-21(23)8-10-24(27)26(28)12-13-29(28,39)30(32,33)31(34,35)36/h4-7,16,24-26,39H,2-3,8-15,17-18H2,1H3/t24?,25-,26?,28+,29+/m1/s1. The Labute approximate surface area is 226 Å². The molecule has 1 aromatic rings. The lowest BCUT2D eigenvalue weighted by atomic mass is 9.50. The van der Waals surface area contributed by atoms with E-state index in [1.165, 1.54) is 19.8 Å². The molecule has 5 atom stereocenters. The van der Waals surface area contributed by atoms with Gasteiger partial charge in [-0.2, -0.15) is 22.0 Å². The van der Waals surface area contributed by atoms with Crippen LogP contribution in [0.1, 0.15) is 81.8 Å². The predicted octanol–water partition coefficient (Wildman–Crippen LogP) is 7.11. The van der Waals surface area contributed by atoms with Gasteiger partial charge in [0.1, 0.15) is 5.60 Å². The maximum atomic E-state index is 15.1. The molecule has 212 valence electrons. The molecule has 2 saturated carbocycles. The first-order valence-electron chi connectivity index (χ1n) is 14.3. The molecule has 1 aliphatic heterocycles. The lowest BCUT2D eigenvalue weighted by Crippen LogP contribution is -2.65. The van der Waals surface area contributed by atoms with Gasteiger partial charge in [-0.05, 0) is 105 Å². The maximum Gasteiger partial charge on any atom is 0.456 e. The number of hydrogen-bond acceptors (Lipinski definition) is 3. The molecule has 3 fully saturated rings. The van der Waals surface area contributed by atoms with Gasteiger partial charge in [-0.25, -0.2) is 0 Å². The van der Waals surface area contributed by atoms with Crippen LogP contribution in [0.15, 0.2) is 47.1 Å². The molecule has 0 aromatic heterocycles. The quantitative estimate of drug-likeness (QED) is 0.407. The molecule has 0 amide bonds. The molecule has 39 heavy (non-hydrogen) atoms. The van der Waals surface area contributed by atoms with E-state index in [-0.39, 0.29) is 24.5 Å². The Morgan fingerprint density at radius 1 is 1.00 bits per heavy atom. The summed E-state index contributed by atoms with van der Waals surface area (Å²) in [5, 5.41) is 11.4. The van der Waals surface area contributed by atoms with E-state index in [0.29, 0.717) is 25.7 Å². The number of hydrogen-bond donors (Lipinski definition) is 1. The summed E-state index contributed by atoms with van der Waals surface area (Å²) < 4.78 is 71.4. The van der Waals surface area contributed by atoms with Crippen LogP contribution in [-0.2, 0) is 11.3 Å². The molecular weight excluding hydrogens is 513 g/mol. The van der Waals surface area contributed by atoms with Crippen molar-refractivity contribution in [3.8, 4) is 0 Å². The monoisotopic (exact) mass is 549 g/mol. The molecule has 1 heterocycles. The zero-order valence-electron chi connectivity index (χ0n) is 22.3. The number of fused-ring (bicyclic) bond motifs is 4. The zero-order valence-corrected chi connectivity index (χ0v) is 22.3. The first kappa shape index (κ1) is 27.1. The second kappa shape index (κ2) is 9.23. The van der Waals surface area contributed by atoms with Crippen molar-refractivity contribution in [3.05, 3.63) is 58.2 Å². The fraction of sp³-hybridized carbons (Fsp3) is 0.645. The molecule has 0 radical (unpaired) electrons. The van der Waals surface area contributed by atoms with E-state index in [4.69, 9.17) is 0 Å². The van der Waals surface area contributed by atoms with Crippen LogP contribution in [0, 0.1) is 17.3 Å². The van der Waals surface area contributed by atoms with E-state index < -0.39 is 41.4 Å². The van der Waals surface area contributed by atoms with Crippen LogP contribution >= 0.6 is 0 Å². The smallest absolute Gasteiger partial charge is 0.383 e. The third kappa shape index (κ3) is 4.06. The molecule has 0 spiro atoms. The van der Waals surface area contributed by atoms with Crippen molar-refractivity contribution in [3.63, 3.8) is 0 Å². The van der Waals surface area contributed by atoms with Crippen LogP contribution in [0.2, 0.25) is 0 Å². The molecule has 2 unspecified atom stereocenters. The molecule has 1 N–H and O–H groups in total. The van der Waals surface area contributed by atoms with Crippen LogP contribution in [0.4, 0.5) is 22.0 Å². The molecule has 0 bridgehead atoms. The Morgan fingerprint density at radius 2 is 1.69 bits per heavy atom. The molecule has 8 heteroatoms. The minimum atomic E-state index is -5.84. The van der Waals surface area contributed by atoms with Gasteiger partial charge in [0.2, 0.25) is 0 Å². The summed E-state index contributed by atoms with van der Waals surface area (Å²) in [4.78, 5) is 14.6. The summed E-state index contributed by atoms with van der Waals surface area (Å²) in [6.07, 6.45) is -0.0476. The molecule has 5 aliphatic rings. The van der Waals surface area contributed by atoms with Crippen LogP contribution in [0.25, 0.3) is 0 Å². The van der Waals surface area contributed by atoms with Gasteiger partial charge in [0.25, 0.3) is 0 Å². The lowest BCUT2D eigenvalue weighted by Gasteiger charge is -2.56. The van der Waals surface area contributed by atoms with E-state index >= 15 is 8.78 Å². The van der Waals surface area contributed by atoms with Crippen molar-refractivity contribution in [1.29, 1.82) is 0 Å². The van der Waals surface area contributed by atoms with Crippen LogP contribution in [0.5, 0.6) is 0 Å². The Hall–Kier alpha value is -2.06. The highest BCUT2D eigenvalue weighted by Crippen LogP contribution is 2.70. The van der Waals surface area contributed by atoms with Gasteiger partial charge >= 0.3 is 12.1 Å². The molecular formula is C31H36F5NO2. The van der Waals surface area contributed by atoms with Crippen LogP contribution in [-0.4, -0.2) is 46.6 Å². The maximum absolute atomic E-state index is 15.1. The average molecular weight is 550 g/mol. The number of alkyl halides is 5. The average Bonchev–Trinajstić information content (AvgIpc) is 3.49. The fourth-order valence-corrected chi connectivity index (χ4v) is 8.77. The summed E-state index contributed by atoms with van der Waals surface area (Å²) >= 11 is 0. The van der Waals surface area contributed by atoms with Crippen molar-refractivity contribution >= 4 is 5.78 Å². The summed E-state index contributed by atoms with van der Waals surface area (Å²) in [6.45, 7) is 4.41. The van der Waals surface area contributed by atoms with Gasteiger partial charge in [-0.1, -0.05) is 36.8 Å². The highest BCUT2D eigenvalue weighted by Gasteiger charge is 2.79. The number of nitrogens with zero attached hydrogens (tertiary/aromatic N) is 1. The number of ketones is 1. The Balaban J connectivity index is 1.44. The summed E-state index contributed by atoms with van der Waals surface area (Å²) in [5.41, 5.74) is 0.423. The highest BCUT2D eigenvalue weighted by molar-refractivity contribution is 5.93. The molecule has 4 aliphatic carbocycles. The van der Waals surface area contributed by atoms with Gasteiger partial charge in [0.05, 0.1) is 0 Å². The third-order valence-corrected chi connectivity index (χ3v) is 10.7. The molecule has 6 rings (SSSR count). The second-order valence-corrected chi connectivity index (χ2v) is 12.7. The van der Waals surface area contributed by atoms with Crippen molar-refractivity contribution in [2.75, 3.05) is 13.1 Å². The second-order valence-electron chi connectivity index (χ2n) is 12.7. The Kier molecular flexibility index (Phi) is 6.42. The number of carbonyl (C=O) groups excluding carboxylic acids is 1. The minimum Gasteiger partial charge on any atom is -0.383 e. The van der Waals surface area contributed by atoms with Gasteiger partial charge in [0.15, 0.2) is 5.78 Å². The Morgan fingerprint density at radius 3 is 2.36 bits per heavy atom. The van der Waals surface area contributed by atoms with E-state index in [1.54, 1.807) is 6.08 Å². The molecule has 1 aromatic carbocycles. The predicted molar refractivity (Wildman–Crippen MR) is 137 cm³/mol. The molecule has 3 nitrogen and oxygen atoms in total. The largest absolute Gasteiger partial charge is 0.456 e. The van der Waals surface area contributed by atoms with Gasteiger partial charge < -0.3 is 5.11 Å². The summed E-state index contributed by atoms with van der Waals surface area (Å²) in [6, 6.07) is 8.06. The van der Waals surface area contributed by atoms with Crippen molar-refractivity contribution in [1.82, 2.24) is 4.90 Å². The van der Waals surface area contributed by atoms with Gasteiger partial charge in [-0.3, -0.25) is 9.69 Å². The number of benzene rings is 1. The Bertz CT molecular complexity index is 1210. The summed E-state index contributed by atoms with van der Waals surface area (Å²) in [7, 11) is 0. The third-order valence-electron chi connectivity index (χ3n) is 10.7. The van der Waals surface area contributed by atoms with Crippen LogP contribution < -0.4 is 0 Å². The topological polar surface area (TPSA) is 40.5 Å². The van der Waals surface area contributed by atoms with Crippen molar-refractivity contribution in [2.24, 2.45) is 17.3 Å². The fourth-order valence-electron chi connectivity index (χ4n) is 8.77. The minimum absolute atomic E-state index is 0.0157. The first-order chi connectivity index (χ1) is 18.4. The van der Waals surface area contributed by atoms with Gasteiger partial charge in [-0.15, -0.1) is 0 Å². The SMILES string of the molecule is C[C@]12C[C@H](c3ccc(CN4CCCC4)cc3)C3=C4CCC(=O)C=C4CCC3C1CC[C@@]2(O)C(F)(F)C(F)(F)F. The highest BCUT2D eigenvalue weighted by atomic mass is 19.4. The lowest BCUT2D eigenvalue weighted by molar-refractivity contribution is -0.362. The van der Waals surface area contributed by atoms with Crippen LogP contribution in [0.3, 0.4) is 0 Å². The zero-order chi connectivity index (χ0) is 27.8. The van der Waals surface area contributed by atoms with E-state index in [2.05, 4.69) is 4.90 Å². The summed E-state index contributed by atoms with van der Waals surface area (Å²) in [5.74, 6) is -6.21.